The molecule has 0 aliphatic rings. The van der Waals surface area contributed by atoms with Crippen LogP contribution in [0, 0.1) is 0 Å². The first-order valence-electron chi connectivity index (χ1n) is 6.09. The molecule has 20 heavy (non-hydrogen) atoms. The van der Waals surface area contributed by atoms with Gasteiger partial charge >= 0.3 is 11.7 Å². The van der Waals surface area contributed by atoms with E-state index in [1.54, 1.807) is 16.7 Å². The standard InChI is InChI=1S/C12H14N4O3S/c1-2-6-16-11(19)14-15-12(16)20-7-8-4-3-5-9(13-8)10(17)18/h3-5H,2,6-7H2,1H3,(H,14,19)(H,17,18). The lowest BCUT2D eigenvalue weighted by atomic mass is 10.3. The Balaban J connectivity index is 2.11. The Labute approximate surface area is 119 Å². The van der Waals surface area contributed by atoms with Gasteiger partial charge in [-0.3, -0.25) is 4.57 Å². The molecule has 0 fully saturated rings. The Morgan fingerprint density at radius 3 is 3.00 bits per heavy atom. The molecule has 0 atom stereocenters. The number of aromatic carboxylic acids is 1. The van der Waals surface area contributed by atoms with Gasteiger partial charge in [-0.25, -0.2) is 19.7 Å². The van der Waals surface area contributed by atoms with E-state index in [-0.39, 0.29) is 11.4 Å². The molecule has 2 rings (SSSR count). The number of aromatic amines is 1. The van der Waals surface area contributed by atoms with Gasteiger partial charge in [0.25, 0.3) is 0 Å². The Kier molecular flexibility index (Phi) is 4.57. The SMILES string of the molecule is CCCn1c(SCc2cccc(C(=O)O)n2)n[nH]c1=O. The summed E-state index contributed by atoms with van der Waals surface area (Å²) in [5, 5.41) is 15.8. The molecule has 0 aromatic carbocycles. The van der Waals surface area contributed by atoms with Gasteiger partial charge in [0.05, 0.1) is 5.69 Å². The summed E-state index contributed by atoms with van der Waals surface area (Å²) >= 11 is 1.35. The average molecular weight is 294 g/mol. The number of carboxylic acids is 1. The topological polar surface area (TPSA) is 101 Å². The molecule has 0 saturated carbocycles. The van der Waals surface area contributed by atoms with E-state index in [0.29, 0.717) is 23.1 Å². The number of pyridine rings is 1. The Morgan fingerprint density at radius 2 is 2.30 bits per heavy atom. The molecule has 8 heteroatoms. The van der Waals surface area contributed by atoms with Crippen LogP contribution in [0.25, 0.3) is 0 Å². The lowest BCUT2D eigenvalue weighted by molar-refractivity contribution is 0.0690. The van der Waals surface area contributed by atoms with Crippen molar-refractivity contribution in [2.24, 2.45) is 0 Å². The molecule has 0 amide bonds. The number of aromatic nitrogens is 4. The molecule has 0 bridgehead atoms. The molecular formula is C12H14N4O3S. The van der Waals surface area contributed by atoms with Crippen LogP contribution in [-0.4, -0.2) is 30.8 Å². The van der Waals surface area contributed by atoms with Gasteiger partial charge in [0, 0.05) is 12.3 Å². The zero-order valence-corrected chi connectivity index (χ0v) is 11.7. The number of H-pyrrole nitrogens is 1. The third-order valence-electron chi connectivity index (χ3n) is 2.55. The second-order valence-electron chi connectivity index (χ2n) is 4.07. The smallest absolute Gasteiger partial charge is 0.354 e. The van der Waals surface area contributed by atoms with E-state index in [9.17, 15) is 9.59 Å². The number of hydrogen-bond donors (Lipinski definition) is 2. The van der Waals surface area contributed by atoms with E-state index in [2.05, 4.69) is 15.2 Å². The number of nitrogens with zero attached hydrogens (tertiary/aromatic N) is 3. The van der Waals surface area contributed by atoms with E-state index >= 15 is 0 Å². The number of hydrogen-bond acceptors (Lipinski definition) is 5. The Hall–Kier alpha value is -2.09. The average Bonchev–Trinajstić information content (AvgIpc) is 2.78. The van der Waals surface area contributed by atoms with E-state index in [0.717, 1.165) is 6.42 Å². The summed E-state index contributed by atoms with van der Waals surface area (Å²) in [5.74, 6) is -0.603. The van der Waals surface area contributed by atoms with Crippen molar-refractivity contribution in [1.82, 2.24) is 19.7 Å². The van der Waals surface area contributed by atoms with Crippen LogP contribution in [0.15, 0.2) is 28.2 Å². The van der Waals surface area contributed by atoms with Crippen LogP contribution in [0.4, 0.5) is 0 Å². The fourth-order valence-corrected chi connectivity index (χ4v) is 2.53. The van der Waals surface area contributed by atoms with Gasteiger partial charge in [0.2, 0.25) is 0 Å². The molecule has 0 unspecified atom stereocenters. The molecule has 2 aromatic heterocycles. The molecule has 2 heterocycles. The molecule has 0 saturated heterocycles. The fourth-order valence-electron chi connectivity index (χ4n) is 1.65. The summed E-state index contributed by atoms with van der Waals surface area (Å²) in [6.45, 7) is 2.58. The third-order valence-corrected chi connectivity index (χ3v) is 3.56. The van der Waals surface area contributed by atoms with Crippen molar-refractivity contribution in [2.75, 3.05) is 0 Å². The van der Waals surface area contributed by atoms with Gasteiger partial charge in [-0.2, -0.15) is 0 Å². The first-order valence-corrected chi connectivity index (χ1v) is 7.07. The van der Waals surface area contributed by atoms with Gasteiger partial charge in [0.15, 0.2) is 5.16 Å². The van der Waals surface area contributed by atoms with Gasteiger partial charge in [0.1, 0.15) is 5.69 Å². The zero-order chi connectivity index (χ0) is 14.5. The maximum Gasteiger partial charge on any atom is 0.354 e. The quantitative estimate of drug-likeness (QED) is 0.780. The minimum Gasteiger partial charge on any atom is -0.477 e. The number of thioether (sulfide) groups is 1. The van der Waals surface area contributed by atoms with Crippen LogP contribution in [0.3, 0.4) is 0 Å². The van der Waals surface area contributed by atoms with Crippen LogP contribution in [0.2, 0.25) is 0 Å². The van der Waals surface area contributed by atoms with Crippen molar-refractivity contribution >= 4 is 17.7 Å². The lowest BCUT2D eigenvalue weighted by Crippen LogP contribution is -2.17. The molecule has 106 valence electrons. The number of nitrogens with one attached hydrogen (secondary N) is 1. The van der Waals surface area contributed by atoms with Crippen LogP contribution in [0.5, 0.6) is 0 Å². The van der Waals surface area contributed by atoms with Crippen molar-refractivity contribution in [3.8, 4) is 0 Å². The summed E-state index contributed by atoms with van der Waals surface area (Å²) in [6, 6.07) is 4.84. The van der Waals surface area contributed by atoms with Crippen molar-refractivity contribution in [2.45, 2.75) is 30.8 Å². The highest BCUT2D eigenvalue weighted by Gasteiger charge is 2.10. The lowest BCUT2D eigenvalue weighted by Gasteiger charge is -2.04. The van der Waals surface area contributed by atoms with Gasteiger partial charge in [-0.15, -0.1) is 5.10 Å². The van der Waals surface area contributed by atoms with Crippen LogP contribution in [-0.2, 0) is 12.3 Å². The summed E-state index contributed by atoms with van der Waals surface area (Å²) in [7, 11) is 0. The molecular weight excluding hydrogens is 280 g/mol. The van der Waals surface area contributed by atoms with Crippen molar-refractivity contribution < 1.29 is 9.90 Å². The maximum atomic E-state index is 11.5. The van der Waals surface area contributed by atoms with Crippen molar-refractivity contribution in [3.63, 3.8) is 0 Å². The second-order valence-corrected chi connectivity index (χ2v) is 5.01. The Bertz CT molecular complexity index is 665. The minimum absolute atomic E-state index is 0.0103. The molecule has 0 aliphatic carbocycles. The normalized spacial score (nSPS) is 10.7. The fraction of sp³-hybridized carbons (Fsp3) is 0.333. The second kappa shape index (κ2) is 6.38. The van der Waals surface area contributed by atoms with Crippen LogP contribution >= 0.6 is 11.8 Å². The highest BCUT2D eigenvalue weighted by atomic mass is 32.2. The van der Waals surface area contributed by atoms with E-state index in [1.807, 2.05) is 6.92 Å². The monoisotopic (exact) mass is 294 g/mol. The largest absolute Gasteiger partial charge is 0.477 e. The van der Waals surface area contributed by atoms with E-state index in [4.69, 9.17) is 5.11 Å². The van der Waals surface area contributed by atoms with Crippen molar-refractivity contribution in [3.05, 3.63) is 40.1 Å². The highest BCUT2D eigenvalue weighted by molar-refractivity contribution is 7.98. The number of carbonyl (C=O) groups is 1. The molecule has 0 aliphatic heterocycles. The minimum atomic E-state index is -1.06. The van der Waals surface area contributed by atoms with E-state index in [1.165, 1.54) is 17.8 Å². The van der Waals surface area contributed by atoms with E-state index < -0.39 is 5.97 Å². The summed E-state index contributed by atoms with van der Waals surface area (Å²) in [5.41, 5.74) is 0.408. The first kappa shape index (κ1) is 14.3. The number of carboxylic acid groups (broad SMARTS) is 1. The predicted molar refractivity (Wildman–Crippen MR) is 73.9 cm³/mol. The third kappa shape index (κ3) is 3.27. The molecule has 2 aromatic rings. The number of rotatable bonds is 6. The van der Waals surface area contributed by atoms with Crippen LogP contribution in [0.1, 0.15) is 29.5 Å². The van der Waals surface area contributed by atoms with Gasteiger partial charge in [-0.1, -0.05) is 24.8 Å². The molecule has 0 radical (unpaired) electrons. The summed E-state index contributed by atoms with van der Waals surface area (Å²) in [6.07, 6.45) is 0.833. The first-order chi connectivity index (χ1) is 9.61. The molecule has 7 nitrogen and oxygen atoms in total. The highest BCUT2D eigenvalue weighted by Crippen LogP contribution is 2.18. The zero-order valence-electron chi connectivity index (χ0n) is 10.9. The van der Waals surface area contributed by atoms with Crippen LogP contribution < -0.4 is 5.69 Å². The van der Waals surface area contributed by atoms with Gasteiger partial charge in [-0.05, 0) is 18.6 Å². The summed E-state index contributed by atoms with van der Waals surface area (Å²) < 4.78 is 1.56. The maximum absolute atomic E-state index is 11.5. The van der Waals surface area contributed by atoms with Crippen molar-refractivity contribution in [1.29, 1.82) is 0 Å². The van der Waals surface area contributed by atoms with Gasteiger partial charge < -0.3 is 5.11 Å². The predicted octanol–water partition coefficient (Wildman–Crippen LogP) is 1.37. The molecule has 0 spiro atoms. The Morgan fingerprint density at radius 1 is 1.50 bits per heavy atom. The summed E-state index contributed by atoms with van der Waals surface area (Å²) in [4.78, 5) is 26.4. The molecule has 2 N–H and O–H groups in total.